The average molecular weight is 540 g/mol. The Hall–Kier alpha value is -3.44. The highest BCUT2D eigenvalue weighted by Gasteiger charge is 2.15. The van der Waals surface area contributed by atoms with Crippen molar-refractivity contribution < 1.29 is 14.1 Å². The van der Waals surface area contributed by atoms with Crippen molar-refractivity contribution in [3.05, 3.63) is 69.0 Å². The van der Waals surface area contributed by atoms with Crippen molar-refractivity contribution in [2.75, 3.05) is 11.1 Å². The maximum atomic E-state index is 13.1. The second-order valence-corrected chi connectivity index (χ2v) is 10.6. The lowest BCUT2D eigenvalue weighted by Crippen LogP contribution is -2.24. The van der Waals surface area contributed by atoms with Crippen LogP contribution in [0.2, 0.25) is 0 Å². The molecule has 0 aliphatic heterocycles. The van der Waals surface area contributed by atoms with E-state index in [0.29, 0.717) is 46.5 Å². The normalized spacial score (nSPS) is 11.1. The first-order valence-electron chi connectivity index (χ1n) is 12.1. The molecule has 0 saturated heterocycles. The zero-order valence-electron chi connectivity index (χ0n) is 20.8. The monoisotopic (exact) mass is 539 g/mol. The van der Waals surface area contributed by atoms with Gasteiger partial charge in [-0.15, -0.1) is 11.3 Å². The van der Waals surface area contributed by atoms with Crippen LogP contribution in [0.5, 0.6) is 0 Å². The molecule has 9 nitrogen and oxygen atoms in total. The Balaban J connectivity index is 1.28. The summed E-state index contributed by atoms with van der Waals surface area (Å²) in [5.74, 6) is 0.787. The SMILES string of the molecule is Cc1ccc(CNC(=O)CCCCCn2c(SCC(=O)Nc3cc(C)on3)nc3ccsc3c2=O)cc1. The van der Waals surface area contributed by atoms with Crippen LogP contribution in [0.4, 0.5) is 5.82 Å². The minimum absolute atomic E-state index is 0.0176. The summed E-state index contributed by atoms with van der Waals surface area (Å²) in [6.45, 7) is 4.77. The van der Waals surface area contributed by atoms with Gasteiger partial charge in [-0.25, -0.2) is 4.98 Å². The Morgan fingerprint density at radius 2 is 1.89 bits per heavy atom. The largest absolute Gasteiger partial charge is 0.360 e. The zero-order chi connectivity index (χ0) is 26.2. The molecule has 0 saturated carbocycles. The summed E-state index contributed by atoms with van der Waals surface area (Å²) in [7, 11) is 0. The molecule has 37 heavy (non-hydrogen) atoms. The Kier molecular flexibility index (Phi) is 9.13. The van der Waals surface area contributed by atoms with Crippen LogP contribution < -0.4 is 16.2 Å². The predicted molar refractivity (Wildman–Crippen MR) is 146 cm³/mol. The predicted octanol–water partition coefficient (Wildman–Crippen LogP) is 4.67. The van der Waals surface area contributed by atoms with Crippen LogP contribution in [0, 0.1) is 13.8 Å². The lowest BCUT2D eigenvalue weighted by molar-refractivity contribution is -0.121. The van der Waals surface area contributed by atoms with Crippen LogP contribution in [-0.2, 0) is 22.7 Å². The average Bonchev–Trinajstić information content (AvgIpc) is 3.52. The fourth-order valence-electron chi connectivity index (χ4n) is 3.69. The number of nitrogens with zero attached hydrogens (tertiary/aromatic N) is 3. The van der Waals surface area contributed by atoms with E-state index in [1.165, 1.54) is 28.7 Å². The van der Waals surface area contributed by atoms with Crippen molar-refractivity contribution in [2.24, 2.45) is 0 Å². The number of rotatable bonds is 12. The summed E-state index contributed by atoms with van der Waals surface area (Å²) in [5, 5.41) is 11.7. The molecule has 3 aromatic heterocycles. The van der Waals surface area contributed by atoms with Crippen molar-refractivity contribution >= 4 is 50.9 Å². The van der Waals surface area contributed by atoms with E-state index in [0.717, 1.165) is 24.8 Å². The first kappa shape index (κ1) is 26.6. The molecule has 1 aromatic carbocycles. The molecule has 11 heteroatoms. The fourth-order valence-corrected chi connectivity index (χ4v) is 5.30. The number of carbonyl (C=O) groups excluding carboxylic acids is 2. The summed E-state index contributed by atoms with van der Waals surface area (Å²) in [6, 6.07) is 11.5. The molecule has 0 aliphatic carbocycles. The molecule has 0 aliphatic rings. The lowest BCUT2D eigenvalue weighted by atomic mass is 10.1. The number of unbranched alkanes of at least 4 members (excludes halogenated alkanes) is 2. The molecule has 3 heterocycles. The molecular formula is C26H29N5O4S2. The quantitative estimate of drug-likeness (QED) is 0.153. The first-order chi connectivity index (χ1) is 17.9. The minimum Gasteiger partial charge on any atom is -0.360 e. The smallest absolute Gasteiger partial charge is 0.272 e. The summed E-state index contributed by atoms with van der Waals surface area (Å²) in [4.78, 5) is 42.3. The summed E-state index contributed by atoms with van der Waals surface area (Å²) < 4.78 is 7.20. The van der Waals surface area contributed by atoms with Crippen molar-refractivity contribution in [3.8, 4) is 0 Å². The maximum absolute atomic E-state index is 13.1. The molecule has 2 amide bonds. The molecule has 0 fully saturated rings. The number of benzene rings is 1. The van der Waals surface area contributed by atoms with E-state index in [4.69, 9.17) is 4.52 Å². The molecule has 2 N–H and O–H groups in total. The second-order valence-electron chi connectivity index (χ2n) is 8.72. The van der Waals surface area contributed by atoms with Gasteiger partial charge in [0, 0.05) is 25.6 Å². The number of thiophene rings is 1. The minimum atomic E-state index is -0.263. The fraction of sp³-hybridized carbons (Fsp3) is 0.346. The van der Waals surface area contributed by atoms with E-state index in [9.17, 15) is 14.4 Å². The van der Waals surface area contributed by atoms with Gasteiger partial charge in [0.15, 0.2) is 11.0 Å². The number of anilines is 1. The third-order valence-electron chi connectivity index (χ3n) is 5.65. The van der Waals surface area contributed by atoms with Crippen molar-refractivity contribution in [1.29, 1.82) is 0 Å². The van der Waals surface area contributed by atoms with Gasteiger partial charge in [0.05, 0.1) is 11.3 Å². The van der Waals surface area contributed by atoms with Crippen LogP contribution >= 0.6 is 23.1 Å². The molecule has 4 rings (SSSR count). The molecule has 0 radical (unpaired) electrons. The van der Waals surface area contributed by atoms with Crippen LogP contribution in [0.1, 0.15) is 42.6 Å². The molecule has 4 aromatic rings. The number of hydrogen-bond acceptors (Lipinski definition) is 8. The van der Waals surface area contributed by atoms with Crippen LogP contribution in [0.3, 0.4) is 0 Å². The first-order valence-corrected chi connectivity index (χ1v) is 13.9. The Bertz CT molecular complexity index is 1430. The third kappa shape index (κ3) is 7.53. The van der Waals surface area contributed by atoms with Crippen LogP contribution in [0.15, 0.2) is 56.3 Å². The Morgan fingerprint density at radius 1 is 1.08 bits per heavy atom. The maximum Gasteiger partial charge on any atom is 0.272 e. The molecule has 0 spiro atoms. The number of fused-ring (bicyclic) bond motifs is 1. The van der Waals surface area contributed by atoms with Gasteiger partial charge in [-0.05, 0) is 43.7 Å². The van der Waals surface area contributed by atoms with Crippen LogP contribution in [-0.4, -0.2) is 32.3 Å². The van der Waals surface area contributed by atoms with Gasteiger partial charge in [0.25, 0.3) is 5.56 Å². The number of aryl methyl sites for hydroxylation is 2. The molecule has 0 atom stereocenters. The highest BCUT2D eigenvalue weighted by Crippen LogP contribution is 2.22. The van der Waals surface area contributed by atoms with Crippen LogP contribution in [0.25, 0.3) is 10.2 Å². The molecule has 194 valence electrons. The van der Waals surface area contributed by atoms with Gasteiger partial charge >= 0.3 is 0 Å². The van der Waals surface area contributed by atoms with E-state index >= 15 is 0 Å². The lowest BCUT2D eigenvalue weighted by Gasteiger charge is -2.12. The van der Waals surface area contributed by atoms with Crippen molar-refractivity contribution in [1.82, 2.24) is 20.0 Å². The molecular weight excluding hydrogens is 510 g/mol. The van der Waals surface area contributed by atoms with E-state index < -0.39 is 0 Å². The number of thioether (sulfide) groups is 1. The highest BCUT2D eigenvalue weighted by molar-refractivity contribution is 7.99. The van der Waals surface area contributed by atoms with E-state index in [1.54, 1.807) is 17.6 Å². The van der Waals surface area contributed by atoms with Gasteiger partial charge in [-0.2, -0.15) is 0 Å². The van der Waals surface area contributed by atoms with E-state index in [1.807, 2.05) is 42.6 Å². The van der Waals surface area contributed by atoms with E-state index in [2.05, 4.69) is 20.8 Å². The number of hydrogen-bond donors (Lipinski definition) is 2. The topological polar surface area (TPSA) is 119 Å². The Morgan fingerprint density at radius 3 is 2.65 bits per heavy atom. The Labute approximate surface area is 222 Å². The summed E-state index contributed by atoms with van der Waals surface area (Å²) >= 11 is 2.57. The third-order valence-corrected chi connectivity index (χ3v) is 7.52. The van der Waals surface area contributed by atoms with Gasteiger partial charge in [-0.1, -0.05) is 53.2 Å². The number of amides is 2. The highest BCUT2D eigenvalue weighted by atomic mass is 32.2. The number of carbonyl (C=O) groups is 2. The van der Waals surface area contributed by atoms with E-state index in [-0.39, 0.29) is 23.1 Å². The van der Waals surface area contributed by atoms with Crippen molar-refractivity contribution in [3.63, 3.8) is 0 Å². The van der Waals surface area contributed by atoms with Gasteiger partial charge in [0.1, 0.15) is 10.5 Å². The zero-order valence-corrected chi connectivity index (χ0v) is 22.4. The number of aromatic nitrogens is 3. The summed E-state index contributed by atoms with van der Waals surface area (Å²) in [6.07, 6.45) is 2.68. The molecule has 0 unspecified atom stereocenters. The summed E-state index contributed by atoms with van der Waals surface area (Å²) in [5.41, 5.74) is 2.79. The second kappa shape index (κ2) is 12.7. The van der Waals surface area contributed by atoms with Crippen molar-refractivity contribution in [2.45, 2.75) is 57.8 Å². The van der Waals surface area contributed by atoms with Gasteiger partial charge in [0.2, 0.25) is 11.8 Å². The van der Waals surface area contributed by atoms with Gasteiger partial charge in [-0.3, -0.25) is 19.0 Å². The number of nitrogens with one attached hydrogen (secondary N) is 2. The standard InChI is InChI=1S/C26H29N5O4S2/c1-17-7-9-19(10-8-17)15-27-22(32)6-4-3-5-12-31-25(34)24-20(11-13-36-24)28-26(31)37-16-23(33)29-21-14-18(2)35-30-21/h7-11,13-14H,3-6,12,15-16H2,1-2H3,(H,27,32)(H,29,30,33). The van der Waals surface area contributed by atoms with Gasteiger partial charge < -0.3 is 15.2 Å². The molecule has 0 bridgehead atoms.